The van der Waals surface area contributed by atoms with Crippen molar-refractivity contribution >= 4 is 21.7 Å². The number of benzene rings is 1. The summed E-state index contributed by atoms with van der Waals surface area (Å²) in [4.78, 5) is 8.85. The Kier molecular flexibility index (Phi) is 4.87. The van der Waals surface area contributed by atoms with Crippen LogP contribution in [0.3, 0.4) is 0 Å². The van der Waals surface area contributed by atoms with Gasteiger partial charge in [-0.1, -0.05) is 30.3 Å². The molecule has 0 saturated heterocycles. The van der Waals surface area contributed by atoms with Crippen LogP contribution in [0.15, 0.2) is 41.0 Å². The molecule has 2 rings (SSSR count). The standard InChI is InChI=1S/C14H16BrN3O/c1-3-19-12(10-7-5-4-6-8-10)14-17-9-11(15)13(16-2)18-14/h4-9,12H,3H2,1-2H3,(H,16,17,18). The van der Waals surface area contributed by atoms with Crippen LogP contribution in [0.2, 0.25) is 0 Å². The number of aromatic nitrogens is 2. The highest BCUT2D eigenvalue weighted by Crippen LogP contribution is 2.26. The molecular formula is C14H16BrN3O. The third-order valence-corrected chi connectivity index (χ3v) is 3.25. The molecule has 1 aromatic carbocycles. The topological polar surface area (TPSA) is 47.0 Å². The lowest BCUT2D eigenvalue weighted by Crippen LogP contribution is -2.11. The number of hydrogen-bond acceptors (Lipinski definition) is 4. The van der Waals surface area contributed by atoms with Gasteiger partial charge >= 0.3 is 0 Å². The van der Waals surface area contributed by atoms with Gasteiger partial charge in [-0.3, -0.25) is 0 Å². The Morgan fingerprint density at radius 1 is 1.32 bits per heavy atom. The molecule has 0 amide bonds. The summed E-state index contributed by atoms with van der Waals surface area (Å²) in [5, 5.41) is 3.03. The molecule has 0 fully saturated rings. The number of halogens is 1. The van der Waals surface area contributed by atoms with Crippen LogP contribution in [0.1, 0.15) is 24.4 Å². The van der Waals surface area contributed by atoms with E-state index in [0.29, 0.717) is 12.4 Å². The molecule has 5 heteroatoms. The van der Waals surface area contributed by atoms with Crippen LogP contribution in [0.25, 0.3) is 0 Å². The number of rotatable bonds is 5. The number of nitrogens with one attached hydrogen (secondary N) is 1. The molecule has 1 heterocycles. The molecule has 2 aromatic rings. The van der Waals surface area contributed by atoms with Crippen LogP contribution in [0.4, 0.5) is 5.82 Å². The van der Waals surface area contributed by atoms with Crippen LogP contribution in [0, 0.1) is 0 Å². The Labute approximate surface area is 121 Å². The maximum atomic E-state index is 5.79. The second kappa shape index (κ2) is 6.63. The molecule has 0 radical (unpaired) electrons. The Morgan fingerprint density at radius 2 is 2.05 bits per heavy atom. The fourth-order valence-electron chi connectivity index (χ4n) is 1.80. The van der Waals surface area contributed by atoms with Crippen LogP contribution < -0.4 is 5.32 Å². The van der Waals surface area contributed by atoms with E-state index in [1.54, 1.807) is 6.20 Å². The number of hydrogen-bond donors (Lipinski definition) is 1. The molecule has 1 atom stereocenters. The second-order valence-electron chi connectivity index (χ2n) is 3.92. The van der Waals surface area contributed by atoms with Gasteiger partial charge in [0.25, 0.3) is 0 Å². The van der Waals surface area contributed by atoms with Crippen LogP contribution in [-0.2, 0) is 4.74 Å². The first-order chi connectivity index (χ1) is 9.26. The summed E-state index contributed by atoms with van der Waals surface area (Å²) in [5.74, 6) is 1.41. The molecule has 0 aliphatic carbocycles. The number of ether oxygens (including phenoxy) is 1. The third kappa shape index (κ3) is 3.30. The average molecular weight is 322 g/mol. The van der Waals surface area contributed by atoms with Crippen molar-refractivity contribution in [3.05, 3.63) is 52.4 Å². The molecule has 1 aromatic heterocycles. The van der Waals surface area contributed by atoms with E-state index >= 15 is 0 Å². The Balaban J connectivity index is 2.39. The Hall–Kier alpha value is -1.46. The highest BCUT2D eigenvalue weighted by molar-refractivity contribution is 9.10. The summed E-state index contributed by atoms with van der Waals surface area (Å²) in [6, 6.07) is 9.99. The Morgan fingerprint density at radius 3 is 2.68 bits per heavy atom. The van der Waals surface area contributed by atoms with E-state index in [1.807, 2.05) is 44.3 Å². The summed E-state index contributed by atoms with van der Waals surface area (Å²) >= 11 is 3.41. The predicted molar refractivity (Wildman–Crippen MR) is 79.2 cm³/mol. The van der Waals surface area contributed by atoms with Crippen molar-refractivity contribution in [3.63, 3.8) is 0 Å². The van der Waals surface area contributed by atoms with Gasteiger partial charge in [-0.2, -0.15) is 0 Å². The molecule has 4 nitrogen and oxygen atoms in total. The van der Waals surface area contributed by atoms with Crippen molar-refractivity contribution in [2.24, 2.45) is 0 Å². The fraction of sp³-hybridized carbons (Fsp3) is 0.286. The fourth-order valence-corrected chi connectivity index (χ4v) is 2.19. The van der Waals surface area contributed by atoms with Crippen LogP contribution in [0.5, 0.6) is 0 Å². The largest absolute Gasteiger partial charge is 0.372 e. The van der Waals surface area contributed by atoms with E-state index in [4.69, 9.17) is 4.74 Å². The lowest BCUT2D eigenvalue weighted by atomic mass is 10.1. The Bertz CT molecular complexity index is 533. The van der Waals surface area contributed by atoms with Crippen LogP contribution in [-0.4, -0.2) is 23.6 Å². The van der Waals surface area contributed by atoms with Gasteiger partial charge in [0.1, 0.15) is 11.9 Å². The molecule has 0 saturated carbocycles. The predicted octanol–water partition coefficient (Wildman–Crippen LogP) is 3.41. The van der Waals surface area contributed by atoms with Gasteiger partial charge in [0.15, 0.2) is 5.82 Å². The van der Waals surface area contributed by atoms with Crippen molar-refractivity contribution in [2.75, 3.05) is 19.0 Å². The van der Waals surface area contributed by atoms with Crippen LogP contribution >= 0.6 is 15.9 Å². The van der Waals surface area contributed by atoms with Crippen molar-refractivity contribution in [1.82, 2.24) is 9.97 Å². The molecule has 19 heavy (non-hydrogen) atoms. The first-order valence-corrected chi connectivity index (χ1v) is 6.92. The summed E-state index contributed by atoms with van der Waals surface area (Å²) in [5.41, 5.74) is 1.05. The van der Waals surface area contributed by atoms with E-state index < -0.39 is 0 Å². The van der Waals surface area contributed by atoms with Gasteiger partial charge < -0.3 is 10.1 Å². The van der Waals surface area contributed by atoms with Crippen molar-refractivity contribution in [1.29, 1.82) is 0 Å². The molecule has 100 valence electrons. The average Bonchev–Trinajstić information content (AvgIpc) is 2.46. The van der Waals surface area contributed by atoms with E-state index in [2.05, 4.69) is 31.2 Å². The second-order valence-corrected chi connectivity index (χ2v) is 4.78. The van der Waals surface area contributed by atoms with E-state index in [0.717, 1.165) is 15.9 Å². The van der Waals surface area contributed by atoms with Crippen molar-refractivity contribution < 1.29 is 4.74 Å². The van der Waals surface area contributed by atoms with Gasteiger partial charge in [0.05, 0.1) is 4.47 Å². The van der Waals surface area contributed by atoms with Crippen molar-refractivity contribution in [2.45, 2.75) is 13.0 Å². The summed E-state index contributed by atoms with van der Waals surface area (Å²) in [6.07, 6.45) is 1.50. The van der Waals surface area contributed by atoms with Gasteiger partial charge in [0, 0.05) is 19.9 Å². The maximum absolute atomic E-state index is 5.79. The van der Waals surface area contributed by atoms with E-state index in [9.17, 15) is 0 Å². The van der Waals surface area contributed by atoms with E-state index in [1.165, 1.54) is 0 Å². The zero-order chi connectivity index (χ0) is 13.7. The zero-order valence-corrected chi connectivity index (χ0v) is 12.5. The maximum Gasteiger partial charge on any atom is 0.164 e. The van der Waals surface area contributed by atoms with Crippen molar-refractivity contribution in [3.8, 4) is 0 Å². The molecular weight excluding hydrogens is 306 g/mol. The number of anilines is 1. The summed E-state index contributed by atoms with van der Waals surface area (Å²) < 4.78 is 6.62. The van der Waals surface area contributed by atoms with Gasteiger partial charge in [-0.25, -0.2) is 9.97 Å². The monoisotopic (exact) mass is 321 g/mol. The third-order valence-electron chi connectivity index (χ3n) is 2.67. The lowest BCUT2D eigenvalue weighted by Gasteiger charge is -2.17. The zero-order valence-electron chi connectivity index (χ0n) is 10.9. The van der Waals surface area contributed by atoms with Gasteiger partial charge in [0.2, 0.25) is 0 Å². The quantitative estimate of drug-likeness (QED) is 0.916. The summed E-state index contributed by atoms with van der Waals surface area (Å²) in [7, 11) is 1.83. The minimum Gasteiger partial charge on any atom is -0.372 e. The first-order valence-electron chi connectivity index (χ1n) is 6.13. The molecule has 1 N–H and O–H groups in total. The van der Waals surface area contributed by atoms with Gasteiger partial charge in [-0.05, 0) is 28.4 Å². The molecule has 1 unspecified atom stereocenters. The van der Waals surface area contributed by atoms with Gasteiger partial charge in [-0.15, -0.1) is 0 Å². The normalized spacial score (nSPS) is 12.2. The molecule has 0 aliphatic heterocycles. The molecule has 0 aliphatic rings. The molecule has 0 bridgehead atoms. The highest BCUT2D eigenvalue weighted by Gasteiger charge is 2.18. The lowest BCUT2D eigenvalue weighted by molar-refractivity contribution is 0.0852. The molecule has 0 spiro atoms. The minimum absolute atomic E-state index is 0.244. The first kappa shape index (κ1) is 14.0. The highest BCUT2D eigenvalue weighted by atomic mass is 79.9. The minimum atomic E-state index is -0.244. The van der Waals surface area contributed by atoms with E-state index in [-0.39, 0.29) is 6.10 Å². The summed E-state index contributed by atoms with van der Waals surface area (Å²) in [6.45, 7) is 2.57. The smallest absolute Gasteiger partial charge is 0.164 e. The number of nitrogens with zero attached hydrogens (tertiary/aromatic N) is 2. The SMILES string of the molecule is CCOC(c1ccccc1)c1ncc(Br)c(NC)n1.